The SMILES string of the molecule is CC12CCCCC1c1ccccc1/C(=C\C(=O)O)N2. The average Bonchev–Trinajstić information content (AvgIpc) is 2.37. The van der Waals surface area contributed by atoms with E-state index < -0.39 is 5.97 Å². The van der Waals surface area contributed by atoms with Crippen LogP contribution in [-0.2, 0) is 4.79 Å². The molecule has 0 saturated heterocycles. The first-order valence-electron chi connectivity index (χ1n) is 6.92. The molecular formula is C16H19NO2. The highest BCUT2D eigenvalue weighted by Crippen LogP contribution is 2.47. The van der Waals surface area contributed by atoms with Crippen LogP contribution in [0.2, 0.25) is 0 Å². The first kappa shape index (κ1) is 12.3. The molecule has 0 amide bonds. The summed E-state index contributed by atoms with van der Waals surface area (Å²) in [5, 5.41) is 12.6. The lowest BCUT2D eigenvalue weighted by Crippen LogP contribution is -2.51. The molecule has 1 saturated carbocycles. The third kappa shape index (κ3) is 2.03. The van der Waals surface area contributed by atoms with Crippen LogP contribution in [0.25, 0.3) is 5.70 Å². The second kappa shape index (κ2) is 4.41. The maximum absolute atomic E-state index is 11.0. The summed E-state index contributed by atoms with van der Waals surface area (Å²) < 4.78 is 0. The van der Waals surface area contributed by atoms with Gasteiger partial charge in [0.2, 0.25) is 0 Å². The minimum atomic E-state index is -0.893. The maximum atomic E-state index is 11.0. The molecule has 19 heavy (non-hydrogen) atoms. The van der Waals surface area contributed by atoms with E-state index in [4.69, 9.17) is 5.11 Å². The van der Waals surface area contributed by atoms with Crippen molar-refractivity contribution < 1.29 is 9.90 Å². The number of hydrogen-bond donors (Lipinski definition) is 2. The van der Waals surface area contributed by atoms with Crippen LogP contribution in [0.4, 0.5) is 0 Å². The van der Waals surface area contributed by atoms with Crippen molar-refractivity contribution >= 4 is 11.7 Å². The van der Waals surface area contributed by atoms with Gasteiger partial charge in [0.05, 0.1) is 0 Å². The molecule has 1 heterocycles. The quantitative estimate of drug-likeness (QED) is 0.760. The van der Waals surface area contributed by atoms with E-state index in [1.54, 1.807) is 0 Å². The van der Waals surface area contributed by atoms with Gasteiger partial charge in [-0.1, -0.05) is 37.1 Å². The van der Waals surface area contributed by atoms with Crippen molar-refractivity contribution in [1.29, 1.82) is 0 Å². The van der Waals surface area contributed by atoms with Crippen molar-refractivity contribution in [1.82, 2.24) is 5.32 Å². The molecule has 2 N–H and O–H groups in total. The predicted molar refractivity (Wildman–Crippen MR) is 74.8 cm³/mol. The van der Waals surface area contributed by atoms with Crippen LogP contribution in [0.15, 0.2) is 30.3 Å². The molecule has 2 aliphatic rings. The second-order valence-electron chi connectivity index (χ2n) is 5.82. The Morgan fingerprint density at radius 1 is 1.42 bits per heavy atom. The summed E-state index contributed by atoms with van der Waals surface area (Å²) in [5.41, 5.74) is 3.10. The predicted octanol–water partition coefficient (Wildman–Crippen LogP) is 3.13. The lowest BCUT2D eigenvalue weighted by Gasteiger charge is -2.48. The van der Waals surface area contributed by atoms with Crippen LogP contribution in [-0.4, -0.2) is 16.6 Å². The number of rotatable bonds is 1. The first-order chi connectivity index (χ1) is 9.10. The molecule has 100 valence electrons. The van der Waals surface area contributed by atoms with Gasteiger partial charge in [-0.25, -0.2) is 4.79 Å². The fourth-order valence-corrected chi connectivity index (χ4v) is 3.64. The number of hydrogen-bond acceptors (Lipinski definition) is 2. The highest BCUT2D eigenvalue weighted by molar-refractivity contribution is 5.90. The van der Waals surface area contributed by atoms with E-state index in [2.05, 4.69) is 24.4 Å². The summed E-state index contributed by atoms with van der Waals surface area (Å²) in [4.78, 5) is 11.0. The van der Waals surface area contributed by atoms with E-state index in [-0.39, 0.29) is 5.54 Å². The van der Waals surface area contributed by atoms with Crippen molar-refractivity contribution in [2.24, 2.45) is 0 Å². The minimum Gasteiger partial charge on any atom is -0.478 e. The van der Waals surface area contributed by atoms with Crippen molar-refractivity contribution in [3.05, 3.63) is 41.5 Å². The van der Waals surface area contributed by atoms with Gasteiger partial charge in [0.25, 0.3) is 0 Å². The van der Waals surface area contributed by atoms with Crippen molar-refractivity contribution in [2.75, 3.05) is 0 Å². The Labute approximate surface area is 113 Å². The summed E-state index contributed by atoms with van der Waals surface area (Å²) in [6.07, 6.45) is 6.05. The maximum Gasteiger partial charge on any atom is 0.330 e. The van der Waals surface area contributed by atoms with Crippen LogP contribution in [0.1, 0.15) is 49.7 Å². The van der Waals surface area contributed by atoms with Crippen molar-refractivity contribution in [2.45, 2.75) is 44.1 Å². The summed E-state index contributed by atoms with van der Waals surface area (Å²) in [6, 6.07) is 8.20. The molecule has 0 aromatic heterocycles. The molecule has 2 unspecified atom stereocenters. The van der Waals surface area contributed by atoms with Crippen LogP contribution in [0.3, 0.4) is 0 Å². The van der Waals surface area contributed by atoms with Gasteiger partial charge in [-0.15, -0.1) is 0 Å². The van der Waals surface area contributed by atoms with E-state index in [1.165, 1.54) is 30.9 Å². The van der Waals surface area contributed by atoms with Crippen molar-refractivity contribution in [3.8, 4) is 0 Å². The number of carboxylic acid groups (broad SMARTS) is 1. The lowest BCUT2D eigenvalue weighted by atomic mass is 9.67. The zero-order valence-corrected chi connectivity index (χ0v) is 11.1. The van der Waals surface area contributed by atoms with Gasteiger partial charge in [-0.05, 0) is 25.3 Å². The summed E-state index contributed by atoms with van der Waals surface area (Å²) in [6.45, 7) is 2.22. The van der Waals surface area contributed by atoms with Gasteiger partial charge in [0.15, 0.2) is 0 Å². The zero-order valence-electron chi connectivity index (χ0n) is 11.1. The largest absolute Gasteiger partial charge is 0.478 e. The fourth-order valence-electron chi connectivity index (χ4n) is 3.64. The van der Waals surface area contributed by atoms with E-state index in [1.807, 2.05) is 12.1 Å². The molecule has 1 aliphatic carbocycles. The fraction of sp³-hybridized carbons (Fsp3) is 0.438. The van der Waals surface area contributed by atoms with Gasteiger partial charge in [-0.3, -0.25) is 0 Å². The highest BCUT2D eigenvalue weighted by atomic mass is 16.4. The number of carboxylic acids is 1. The molecule has 3 nitrogen and oxygen atoms in total. The second-order valence-corrected chi connectivity index (χ2v) is 5.82. The van der Waals surface area contributed by atoms with Gasteiger partial charge < -0.3 is 10.4 Å². The Balaban J connectivity index is 2.14. The Bertz CT molecular complexity index is 549. The Morgan fingerprint density at radius 3 is 3.00 bits per heavy atom. The standard InChI is InChI=1S/C16H19NO2/c1-16-9-5-4-8-13(16)11-6-2-3-7-12(11)14(17-16)10-15(18)19/h2-3,6-7,10,13,17H,4-5,8-9H2,1H3,(H,18,19)/b14-10+. The molecule has 1 aromatic rings. The van der Waals surface area contributed by atoms with Gasteiger partial charge in [0.1, 0.15) is 0 Å². The molecule has 0 spiro atoms. The third-order valence-corrected chi connectivity index (χ3v) is 4.52. The summed E-state index contributed by atoms with van der Waals surface area (Å²) >= 11 is 0. The number of nitrogens with one attached hydrogen (secondary N) is 1. The number of benzene rings is 1. The Kier molecular flexibility index (Phi) is 2.85. The van der Waals surface area contributed by atoms with Crippen LogP contribution in [0, 0.1) is 0 Å². The average molecular weight is 257 g/mol. The van der Waals surface area contributed by atoms with E-state index >= 15 is 0 Å². The van der Waals surface area contributed by atoms with E-state index in [9.17, 15) is 4.79 Å². The van der Waals surface area contributed by atoms with Crippen LogP contribution >= 0.6 is 0 Å². The van der Waals surface area contributed by atoms with Crippen LogP contribution in [0.5, 0.6) is 0 Å². The van der Waals surface area contributed by atoms with Gasteiger partial charge >= 0.3 is 5.97 Å². The minimum absolute atomic E-state index is 0.00606. The molecule has 0 radical (unpaired) electrons. The number of aliphatic carboxylic acids is 1. The monoisotopic (exact) mass is 257 g/mol. The van der Waals surface area contributed by atoms with E-state index in [0.29, 0.717) is 5.92 Å². The Hall–Kier alpha value is -1.77. The lowest BCUT2D eigenvalue weighted by molar-refractivity contribution is -0.131. The molecular weight excluding hydrogens is 238 g/mol. The van der Waals surface area contributed by atoms with Crippen molar-refractivity contribution in [3.63, 3.8) is 0 Å². The summed E-state index contributed by atoms with van der Waals surface area (Å²) in [5.74, 6) is -0.404. The molecule has 1 aromatic carbocycles. The smallest absolute Gasteiger partial charge is 0.330 e. The summed E-state index contributed by atoms with van der Waals surface area (Å²) in [7, 11) is 0. The normalized spacial score (nSPS) is 31.2. The molecule has 3 heteroatoms. The zero-order chi connectivity index (χ0) is 13.5. The van der Waals surface area contributed by atoms with Crippen LogP contribution < -0.4 is 5.32 Å². The Morgan fingerprint density at radius 2 is 2.21 bits per heavy atom. The van der Waals surface area contributed by atoms with E-state index in [0.717, 1.165) is 17.7 Å². The van der Waals surface area contributed by atoms with Gasteiger partial charge in [-0.2, -0.15) is 0 Å². The number of carbonyl (C=O) groups is 1. The highest BCUT2D eigenvalue weighted by Gasteiger charge is 2.42. The molecule has 1 aliphatic heterocycles. The molecule has 1 fully saturated rings. The third-order valence-electron chi connectivity index (χ3n) is 4.52. The first-order valence-corrected chi connectivity index (χ1v) is 6.92. The van der Waals surface area contributed by atoms with Gasteiger partial charge in [0, 0.05) is 28.8 Å². The molecule has 2 atom stereocenters. The topological polar surface area (TPSA) is 49.3 Å². The molecule has 3 rings (SSSR count). The number of fused-ring (bicyclic) bond motifs is 3. The molecule has 0 bridgehead atoms.